The number of nitrogens with one attached hydrogen (secondary N) is 3. The Kier molecular flexibility index (Phi) is 15.4. The first-order chi connectivity index (χ1) is 28.5. The average Bonchev–Trinajstić information content (AvgIpc) is 3.55. The second-order valence-electron chi connectivity index (χ2n) is 17.6. The molecule has 4 N–H and O–H groups in total. The van der Waals surface area contributed by atoms with Crippen LogP contribution in [0.15, 0.2) is 97.3 Å². The minimum Gasteiger partial charge on any atom is -0.453 e. The van der Waals surface area contributed by atoms with E-state index in [0.29, 0.717) is 32.5 Å². The van der Waals surface area contributed by atoms with E-state index in [9.17, 15) is 24.3 Å². The van der Waals surface area contributed by atoms with Gasteiger partial charge in [0.2, 0.25) is 11.8 Å². The van der Waals surface area contributed by atoms with Crippen molar-refractivity contribution in [2.45, 2.75) is 98.0 Å². The van der Waals surface area contributed by atoms with E-state index in [0.717, 1.165) is 33.6 Å². The van der Waals surface area contributed by atoms with Crippen LogP contribution in [0.2, 0.25) is 0 Å². The molecule has 13 nitrogen and oxygen atoms in total. The number of carbonyl (C=O) groups excluding carboxylic acids is 4. The van der Waals surface area contributed by atoms with E-state index in [1.54, 1.807) is 22.2 Å². The summed E-state index contributed by atoms with van der Waals surface area (Å²) in [5.74, 6) is -0.607. The highest BCUT2D eigenvalue weighted by atomic mass is 16.5. The van der Waals surface area contributed by atoms with E-state index in [1.807, 2.05) is 126 Å². The van der Waals surface area contributed by atoms with Crippen LogP contribution >= 0.6 is 0 Å². The Balaban J connectivity index is 1.38. The Morgan fingerprint density at radius 2 is 1.52 bits per heavy atom. The molecule has 0 saturated carbocycles. The van der Waals surface area contributed by atoms with Crippen LogP contribution in [0.5, 0.6) is 0 Å². The van der Waals surface area contributed by atoms with Gasteiger partial charge in [-0.1, -0.05) is 101 Å². The molecule has 5 amide bonds. The fourth-order valence-corrected chi connectivity index (χ4v) is 7.73. The molecule has 3 heterocycles. The fraction of sp³-hybridized carbons (Fsp3) is 0.447. The number of aliphatic hydroxyl groups excluding tert-OH is 1. The summed E-state index contributed by atoms with van der Waals surface area (Å²) < 4.78 is 4.72. The quantitative estimate of drug-likeness (QED) is 0.0938. The number of nitrogens with zero attached hydrogens (tertiary/aromatic N) is 4. The lowest BCUT2D eigenvalue weighted by Crippen LogP contribution is -2.58. The Labute approximate surface area is 354 Å². The normalized spacial score (nSPS) is 15.2. The monoisotopic (exact) mass is 819 g/mol. The van der Waals surface area contributed by atoms with Crippen LogP contribution in [-0.4, -0.2) is 99.8 Å². The number of pyridine rings is 2. The van der Waals surface area contributed by atoms with Gasteiger partial charge in [0.05, 0.1) is 24.9 Å². The number of carbonyl (C=O) groups is 4. The van der Waals surface area contributed by atoms with Gasteiger partial charge in [-0.2, -0.15) is 0 Å². The fourth-order valence-electron chi connectivity index (χ4n) is 7.73. The Hall–Kier alpha value is -5.82. The second kappa shape index (κ2) is 20.4. The predicted molar refractivity (Wildman–Crippen MR) is 232 cm³/mol. The third-order valence-electron chi connectivity index (χ3n) is 10.9. The van der Waals surface area contributed by atoms with Gasteiger partial charge in [0, 0.05) is 62.3 Å². The summed E-state index contributed by atoms with van der Waals surface area (Å²) in [4.78, 5) is 66.3. The summed E-state index contributed by atoms with van der Waals surface area (Å²) in [6, 6.07) is 24.8. The van der Waals surface area contributed by atoms with E-state index in [2.05, 4.69) is 25.9 Å². The Morgan fingerprint density at radius 1 is 0.833 bits per heavy atom. The number of hydrogen-bond donors (Lipinski definition) is 4. The number of methoxy groups -OCH3 is 1. The van der Waals surface area contributed by atoms with Crippen molar-refractivity contribution in [1.82, 2.24) is 35.7 Å². The number of hydrogen-bond acceptors (Lipinski definition) is 8. The third-order valence-corrected chi connectivity index (χ3v) is 10.9. The summed E-state index contributed by atoms with van der Waals surface area (Å²) in [6.45, 7) is 12.9. The predicted octanol–water partition coefficient (Wildman–Crippen LogP) is 6.08. The number of amides is 5. The van der Waals surface area contributed by atoms with Crippen LogP contribution in [0.25, 0.3) is 11.3 Å². The second-order valence-corrected chi connectivity index (χ2v) is 17.6. The molecule has 1 fully saturated rings. The maximum absolute atomic E-state index is 14.6. The first kappa shape index (κ1) is 45.3. The van der Waals surface area contributed by atoms with Crippen molar-refractivity contribution < 1.29 is 29.0 Å². The molecule has 0 spiro atoms. The highest BCUT2D eigenvalue weighted by Crippen LogP contribution is 2.30. The molecule has 2 aromatic carbocycles. The topological polar surface area (TPSA) is 166 Å². The SMILES string of the molecule is COC(=O)NCC(C)(C)CC(=O)NC(Cc1ccc(-c2ccccn2)cc1)CC(O)C(Cc1ccccc1)NC(=O)C(N1CCN(Cc2cccnc2C)C1=O)C(C)(C)C. The number of benzene rings is 2. The highest BCUT2D eigenvalue weighted by molar-refractivity contribution is 5.89. The first-order valence-electron chi connectivity index (χ1n) is 20.6. The number of rotatable bonds is 18. The van der Waals surface area contributed by atoms with Gasteiger partial charge in [0.15, 0.2) is 0 Å². The van der Waals surface area contributed by atoms with Gasteiger partial charge in [-0.3, -0.25) is 19.6 Å². The maximum Gasteiger partial charge on any atom is 0.406 e. The zero-order chi connectivity index (χ0) is 43.5. The summed E-state index contributed by atoms with van der Waals surface area (Å²) in [5, 5.41) is 21.2. The first-order valence-corrected chi connectivity index (χ1v) is 20.6. The lowest BCUT2D eigenvalue weighted by molar-refractivity contribution is -0.130. The number of ether oxygens (including phenoxy) is 1. The van der Waals surface area contributed by atoms with Crippen LogP contribution in [0, 0.1) is 17.8 Å². The molecular formula is C47H61N7O6. The standard InChI is InChI=1S/C47H61N7O6/c1-32-36(16-13-23-48-32)30-53-24-25-54(45(53)59)42(46(2,3)4)43(57)52-39(27-33-14-9-8-10-15-33)40(55)28-37(51-41(56)29-47(5,6)31-50-44(58)60-7)26-34-18-20-35(21-19-34)38-17-11-12-22-49-38/h8-23,37,39-40,42,55H,24-31H2,1-7H3,(H,50,58)(H,51,56)(H,52,57). The van der Waals surface area contributed by atoms with E-state index in [-0.39, 0.29) is 37.2 Å². The van der Waals surface area contributed by atoms with Crippen LogP contribution in [0.4, 0.5) is 9.59 Å². The van der Waals surface area contributed by atoms with E-state index in [4.69, 9.17) is 4.74 Å². The molecule has 0 bridgehead atoms. The smallest absolute Gasteiger partial charge is 0.406 e. The van der Waals surface area contributed by atoms with Gasteiger partial charge in [-0.15, -0.1) is 0 Å². The molecule has 2 aromatic heterocycles. The molecule has 4 atom stereocenters. The molecular weight excluding hydrogens is 759 g/mol. The third kappa shape index (κ3) is 12.8. The van der Waals surface area contributed by atoms with Crippen LogP contribution < -0.4 is 16.0 Å². The van der Waals surface area contributed by atoms with Crippen molar-refractivity contribution in [2.24, 2.45) is 10.8 Å². The lowest BCUT2D eigenvalue weighted by Gasteiger charge is -2.38. The van der Waals surface area contributed by atoms with Gasteiger partial charge in [-0.25, -0.2) is 9.59 Å². The molecule has 4 unspecified atom stereocenters. The van der Waals surface area contributed by atoms with Gasteiger partial charge < -0.3 is 35.6 Å². The van der Waals surface area contributed by atoms with Gasteiger partial charge in [0.1, 0.15) is 6.04 Å². The number of aliphatic hydroxyl groups is 1. The van der Waals surface area contributed by atoms with Crippen molar-refractivity contribution in [3.63, 3.8) is 0 Å². The molecule has 4 aromatic rings. The number of aryl methyl sites for hydroxylation is 1. The Morgan fingerprint density at radius 3 is 2.17 bits per heavy atom. The Bertz CT molecular complexity index is 2040. The van der Waals surface area contributed by atoms with Crippen LogP contribution in [0.3, 0.4) is 0 Å². The zero-order valence-electron chi connectivity index (χ0n) is 36.0. The van der Waals surface area contributed by atoms with Crippen molar-refractivity contribution in [1.29, 1.82) is 0 Å². The van der Waals surface area contributed by atoms with Gasteiger partial charge in [-0.05, 0) is 71.9 Å². The van der Waals surface area contributed by atoms with Gasteiger partial charge in [0.25, 0.3) is 0 Å². The van der Waals surface area contributed by atoms with Gasteiger partial charge >= 0.3 is 12.1 Å². The zero-order valence-corrected chi connectivity index (χ0v) is 36.0. The van der Waals surface area contributed by atoms with E-state index < -0.39 is 41.2 Å². The number of aromatic nitrogens is 2. The molecule has 0 aliphatic carbocycles. The van der Waals surface area contributed by atoms with E-state index in [1.165, 1.54) is 7.11 Å². The molecule has 0 radical (unpaired) electrons. The lowest BCUT2D eigenvalue weighted by atomic mass is 9.84. The molecule has 320 valence electrons. The summed E-state index contributed by atoms with van der Waals surface area (Å²) in [5.41, 5.74) is 4.19. The maximum atomic E-state index is 14.6. The number of alkyl carbamates (subject to hydrolysis) is 1. The molecule has 1 saturated heterocycles. The summed E-state index contributed by atoms with van der Waals surface area (Å²) in [7, 11) is 1.29. The molecule has 13 heteroatoms. The van der Waals surface area contributed by atoms with E-state index >= 15 is 0 Å². The minimum absolute atomic E-state index is 0.0981. The van der Waals surface area contributed by atoms with Crippen molar-refractivity contribution in [2.75, 3.05) is 26.7 Å². The molecule has 1 aliphatic heterocycles. The molecule has 5 rings (SSSR count). The average molecular weight is 820 g/mol. The molecule has 60 heavy (non-hydrogen) atoms. The van der Waals surface area contributed by atoms with Crippen molar-refractivity contribution >= 4 is 23.9 Å². The summed E-state index contributed by atoms with van der Waals surface area (Å²) in [6.07, 6.45) is 2.73. The highest BCUT2D eigenvalue weighted by Gasteiger charge is 2.44. The minimum atomic E-state index is -1.10. The van der Waals surface area contributed by atoms with Crippen molar-refractivity contribution in [3.8, 4) is 11.3 Å². The number of urea groups is 1. The van der Waals surface area contributed by atoms with Crippen LogP contribution in [0.1, 0.15) is 69.8 Å². The molecule has 1 aliphatic rings. The van der Waals surface area contributed by atoms with Crippen LogP contribution in [-0.2, 0) is 33.7 Å². The van der Waals surface area contributed by atoms with Crippen molar-refractivity contribution in [3.05, 3.63) is 120 Å². The summed E-state index contributed by atoms with van der Waals surface area (Å²) >= 11 is 0. The largest absolute Gasteiger partial charge is 0.453 e.